The van der Waals surface area contributed by atoms with E-state index in [1.165, 1.54) is 6.07 Å². The van der Waals surface area contributed by atoms with E-state index in [9.17, 15) is 19.2 Å². The molecule has 0 N–H and O–H groups in total. The number of ketones is 2. The predicted octanol–water partition coefficient (Wildman–Crippen LogP) is 2.25. The monoisotopic (exact) mass is 380 g/mol. The van der Waals surface area contributed by atoms with E-state index in [0.717, 1.165) is 16.3 Å². The molecular formula is C21H20N2O5. The number of nitrogens with zero attached hydrogens (tertiary/aromatic N) is 2. The van der Waals surface area contributed by atoms with Gasteiger partial charge in [-0.05, 0) is 32.0 Å². The summed E-state index contributed by atoms with van der Waals surface area (Å²) in [5.41, 5.74) is 2.78. The largest absolute Gasteiger partial charge is 0.456 e. The highest BCUT2D eigenvalue weighted by Crippen LogP contribution is 2.28. The van der Waals surface area contributed by atoms with Gasteiger partial charge < -0.3 is 9.30 Å². The first-order chi connectivity index (χ1) is 13.3. The molecule has 7 nitrogen and oxygen atoms in total. The summed E-state index contributed by atoms with van der Waals surface area (Å²) < 4.78 is 7.00. The summed E-state index contributed by atoms with van der Waals surface area (Å²) >= 11 is 0. The molecule has 1 aromatic heterocycles. The van der Waals surface area contributed by atoms with E-state index in [1.807, 2.05) is 18.4 Å². The van der Waals surface area contributed by atoms with Crippen molar-refractivity contribution in [3.05, 3.63) is 65.5 Å². The highest BCUT2D eigenvalue weighted by atomic mass is 16.5. The molecule has 0 saturated heterocycles. The second kappa shape index (κ2) is 7.64. The predicted molar refractivity (Wildman–Crippen MR) is 103 cm³/mol. The molecule has 1 aliphatic rings. The number of amides is 1. The summed E-state index contributed by atoms with van der Waals surface area (Å²) in [5, 5.41) is 0. The molecule has 0 bridgehead atoms. The number of anilines is 1. The van der Waals surface area contributed by atoms with Gasteiger partial charge in [0, 0.05) is 23.5 Å². The van der Waals surface area contributed by atoms with Crippen LogP contribution in [0, 0.1) is 13.8 Å². The molecule has 0 unspecified atom stereocenters. The van der Waals surface area contributed by atoms with Crippen LogP contribution >= 0.6 is 0 Å². The van der Waals surface area contributed by atoms with Crippen molar-refractivity contribution >= 4 is 29.1 Å². The van der Waals surface area contributed by atoms with Crippen LogP contribution in [0.3, 0.4) is 0 Å². The standard InChI is InChI=1S/C21H20N2O5/c1-4-9-22-13(2)10-16(14(22)3)18(24)12-28-19(25)11-23-17-8-6-5-7-15(17)20(26)21(23)27/h4-8,10H,1,9,11-12H2,2-3H3. The Labute approximate surface area is 162 Å². The maximum atomic E-state index is 12.4. The SMILES string of the molecule is C=CCn1c(C)cc(C(=O)COC(=O)CN2C(=O)C(=O)c3ccccc32)c1C. The minimum Gasteiger partial charge on any atom is -0.456 e. The molecule has 0 aliphatic carbocycles. The van der Waals surface area contributed by atoms with Gasteiger partial charge in [-0.1, -0.05) is 18.2 Å². The maximum Gasteiger partial charge on any atom is 0.326 e. The molecule has 28 heavy (non-hydrogen) atoms. The second-order valence-corrected chi connectivity index (χ2v) is 6.51. The molecule has 0 radical (unpaired) electrons. The van der Waals surface area contributed by atoms with Gasteiger partial charge in [0.15, 0.2) is 6.61 Å². The number of rotatable bonds is 7. The molecule has 3 rings (SSSR count). The first-order valence-electron chi connectivity index (χ1n) is 8.76. The van der Waals surface area contributed by atoms with Crippen LogP contribution in [-0.2, 0) is 20.9 Å². The Balaban J connectivity index is 1.65. The molecule has 2 aromatic rings. The number of carbonyl (C=O) groups excluding carboxylic acids is 4. The molecule has 1 aromatic carbocycles. The number of hydrogen-bond donors (Lipinski definition) is 0. The maximum absolute atomic E-state index is 12.4. The zero-order chi connectivity index (χ0) is 20.4. The average Bonchev–Trinajstić information content (AvgIpc) is 3.10. The van der Waals surface area contributed by atoms with Crippen LogP contribution in [0.25, 0.3) is 0 Å². The molecule has 0 fully saturated rings. The molecule has 0 spiro atoms. The number of benzene rings is 1. The lowest BCUT2D eigenvalue weighted by Gasteiger charge is -2.15. The van der Waals surface area contributed by atoms with Gasteiger partial charge in [-0.15, -0.1) is 6.58 Å². The van der Waals surface area contributed by atoms with Crippen molar-refractivity contribution < 1.29 is 23.9 Å². The molecule has 7 heteroatoms. The Hall–Kier alpha value is -3.48. The van der Waals surface area contributed by atoms with Crippen LogP contribution in [-0.4, -0.2) is 41.2 Å². The van der Waals surface area contributed by atoms with Crippen molar-refractivity contribution in [2.45, 2.75) is 20.4 Å². The van der Waals surface area contributed by atoms with Crippen molar-refractivity contribution in [2.24, 2.45) is 0 Å². The molecule has 0 atom stereocenters. The van der Waals surface area contributed by atoms with Gasteiger partial charge in [0.1, 0.15) is 6.54 Å². The van der Waals surface area contributed by atoms with E-state index in [2.05, 4.69) is 6.58 Å². The van der Waals surface area contributed by atoms with E-state index in [0.29, 0.717) is 17.8 Å². The van der Waals surface area contributed by atoms with Crippen molar-refractivity contribution in [2.75, 3.05) is 18.1 Å². The van der Waals surface area contributed by atoms with E-state index in [1.54, 1.807) is 30.3 Å². The molecule has 1 aliphatic heterocycles. The number of para-hydroxylation sites is 1. The van der Waals surface area contributed by atoms with Gasteiger partial charge in [0.05, 0.1) is 11.3 Å². The number of aryl methyl sites for hydroxylation is 1. The zero-order valence-corrected chi connectivity index (χ0v) is 15.7. The summed E-state index contributed by atoms with van der Waals surface area (Å²) in [4.78, 5) is 49.7. The third kappa shape index (κ3) is 3.38. The van der Waals surface area contributed by atoms with Crippen molar-refractivity contribution in [1.29, 1.82) is 0 Å². The number of ether oxygens (including phenoxy) is 1. The van der Waals surface area contributed by atoms with Crippen molar-refractivity contribution in [1.82, 2.24) is 4.57 Å². The fraction of sp³-hybridized carbons (Fsp3) is 0.238. The summed E-state index contributed by atoms with van der Waals surface area (Å²) in [5.74, 6) is -2.53. The Morgan fingerprint density at radius 1 is 1.18 bits per heavy atom. The lowest BCUT2D eigenvalue weighted by Crippen LogP contribution is -2.36. The highest BCUT2D eigenvalue weighted by Gasteiger charge is 2.36. The van der Waals surface area contributed by atoms with E-state index < -0.39 is 30.8 Å². The van der Waals surface area contributed by atoms with Gasteiger partial charge in [-0.25, -0.2) is 0 Å². The van der Waals surface area contributed by atoms with E-state index >= 15 is 0 Å². The van der Waals surface area contributed by atoms with Gasteiger partial charge in [0.2, 0.25) is 5.78 Å². The molecule has 0 saturated carbocycles. The van der Waals surface area contributed by atoms with Crippen molar-refractivity contribution in [3.63, 3.8) is 0 Å². The normalized spacial score (nSPS) is 12.9. The van der Waals surface area contributed by atoms with E-state index in [-0.39, 0.29) is 11.3 Å². The summed E-state index contributed by atoms with van der Waals surface area (Å²) in [6, 6.07) is 8.18. The first kappa shape index (κ1) is 19.3. The number of allylic oxidation sites excluding steroid dienone is 1. The summed E-state index contributed by atoms with van der Waals surface area (Å²) in [6.45, 7) is 7.11. The smallest absolute Gasteiger partial charge is 0.326 e. The third-order valence-electron chi connectivity index (χ3n) is 4.72. The number of carbonyl (C=O) groups is 4. The van der Waals surface area contributed by atoms with Gasteiger partial charge >= 0.3 is 5.97 Å². The Morgan fingerprint density at radius 2 is 1.89 bits per heavy atom. The van der Waals surface area contributed by atoms with Gasteiger partial charge in [0.25, 0.3) is 11.7 Å². The lowest BCUT2D eigenvalue weighted by atomic mass is 10.1. The van der Waals surface area contributed by atoms with Gasteiger partial charge in [-0.2, -0.15) is 0 Å². The van der Waals surface area contributed by atoms with Crippen molar-refractivity contribution in [3.8, 4) is 0 Å². The van der Waals surface area contributed by atoms with E-state index in [4.69, 9.17) is 4.74 Å². The van der Waals surface area contributed by atoms with Gasteiger partial charge in [-0.3, -0.25) is 24.1 Å². The topological polar surface area (TPSA) is 85.7 Å². The number of Topliss-reactive ketones (excluding diaryl/α,β-unsaturated/α-hetero) is 2. The third-order valence-corrected chi connectivity index (χ3v) is 4.72. The van der Waals surface area contributed by atoms with Crippen LogP contribution in [0.1, 0.15) is 32.1 Å². The van der Waals surface area contributed by atoms with Crippen LogP contribution in [0.15, 0.2) is 43.0 Å². The molecule has 1 amide bonds. The summed E-state index contributed by atoms with van der Waals surface area (Å²) in [7, 11) is 0. The molecule has 2 heterocycles. The lowest BCUT2D eigenvalue weighted by molar-refractivity contribution is -0.141. The van der Waals surface area contributed by atoms with Crippen LogP contribution < -0.4 is 4.90 Å². The molecular weight excluding hydrogens is 360 g/mol. The number of esters is 1. The van der Waals surface area contributed by atoms with Crippen LogP contribution in [0.4, 0.5) is 5.69 Å². The average molecular weight is 380 g/mol. The summed E-state index contributed by atoms with van der Waals surface area (Å²) in [6.07, 6.45) is 1.74. The first-order valence-corrected chi connectivity index (χ1v) is 8.76. The second-order valence-electron chi connectivity index (χ2n) is 6.51. The minimum atomic E-state index is -0.780. The molecule has 144 valence electrons. The fourth-order valence-electron chi connectivity index (χ4n) is 3.30. The number of fused-ring (bicyclic) bond motifs is 1. The highest BCUT2D eigenvalue weighted by molar-refractivity contribution is 6.52. The Kier molecular flexibility index (Phi) is 5.26. The van der Waals surface area contributed by atoms with Crippen LogP contribution in [0.5, 0.6) is 0 Å². The Bertz CT molecular complexity index is 1000. The quantitative estimate of drug-likeness (QED) is 0.318. The Morgan fingerprint density at radius 3 is 2.61 bits per heavy atom. The minimum absolute atomic E-state index is 0.256. The van der Waals surface area contributed by atoms with Crippen LogP contribution in [0.2, 0.25) is 0 Å². The number of aromatic nitrogens is 1. The number of hydrogen-bond acceptors (Lipinski definition) is 5. The zero-order valence-electron chi connectivity index (χ0n) is 15.7. The fourth-order valence-corrected chi connectivity index (χ4v) is 3.30.